The number of hydrogen-bond acceptors (Lipinski definition) is 7. The normalized spacial score (nSPS) is 13.1. The number of H-pyrrole nitrogens is 1. The van der Waals surface area contributed by atoms with E-state index in [0.29, 0.717) is 41.0 Å². The number of amides is 1. The Balaban J connectivity index is 1.40. The lowest BCUT2D eigenvalue weighted by Gasteiger charge is -2.17. The van der Waals surface area contributed by atoms with Crippen LogP contribution in [0.5, 0.6) is 5.88 Å². The number of nitrogens with one attached hydrogen (secondary N) is 1. The lowest BCUT2D eigenvalue weighted by atomic mass is 10.00. The number of anilines is 1. The first-order valence-corrected chi connectivity index (χ1v) is 13.3. The van der Waals surface area contributed by atoms with E-state index in [1.807, 2.05) is 53.4 Å². The van der Waals surface area contributed by atoms with Gasteiger partial charge in [-0.2, -0.15) is 0 Å². The zero-order chi connectivity index (χ0) is 26.9. The van der Waals surface area contributed by atoms with Gasteiger partial charge in [0.15, 0.2) is 5.88 Å². The van der Waals surface area contributed by atoms with Crippen LogP contribution in [-0.4, -0.2) is 46.3 Å². The highest BCUT2D eigenvalue weighted by atomic mass is 32.1. The molecular weight excluding hydrogens is 512 g/mol. The molecule has 0 aliphatic carbocycles. The van der Waals surface area contributed by atoms with Crippen LogP contribution in [0.25, 0.3) is 10.9 Å². The molecule has 0 fully saturated rings. The number of hydrogen-bond donors (Lipinski definition) is 2. The zero-order valence-electron chi connectivity index (χ0n) is 21.0. The predicted octanol–water partition coefficient (Wildman–Crippen LogP) is 5.42. The number of aromatic amines is 1. The summed E-state index contributed by atoms with van der Waals surface area (Å²) in [5.74, 6) is -0.452. The minimum absolute atomic E-state index is 0.0457. The van der Waals surface area contributed by atoms with E-state index in [0.717, 1.165) is 33.5 Å². The molecule has 2 aromatic heterocycles. The number of nitrogens with zero attached hydrogens (tertiary/aromatic N) is 3. The van der Waals surface area contributed by atoms with Gasteiger partial charge in [0, 0.05) is 39.8 Å². The lowest BCUT2D eigenvalue weighted by Crippen LogP contribution is -2.30. The van der Waals surface area contributed by atoms with Crippen LogP contribution < -0.4 is 4.90 Å². The first kappa shape index (κ1) is 24.6. The number of rotatable bonds is 6. The molecule has 3 aromatic carbocycles. The van der Waals surface area contributed by atoms with Crippen LogP contribution in [-0.2, 0) is 22.4 Å². The molecule has 0 saturated carbocycles. The minimum Gasteiger partial charge on any atom is -0.494 e. The largest absolute Gasteiger partial charge is 0.494 e. The molecule has 3 heterocycles. The Morgan fingerprint density at radius 1 is 1.10 bits per heavy atom. The maximum absolute atomic E-state index is 12.9. The Kier molecular flexibility index (Phi) is 6.42. The Hall–Kier alpha value is -4.76. The Bertz CT molecular complexity index is 1730. The smallest absolute Gasteiger partial charge is 0.337 e. The van der Waals surface area contributed by atoms with Crippen molar-refractivity contribution in [2.75, 3.05) is 18.6 Å². The fourth-order valence-electron chi connectivity index (χ4n) is 4.95. The molecule has 0 spiro atoms. The maximum atomic E-state index is 12.9. The van der Waals surface area contributed by atoms with Crippen LogP contribution in [0.4, 0.5) is 11.4 Å². The fourth-order valence-corrected chi connectivity index (χ4v) is 5.53. The van der Waals surface area contributed by atoms with Crippen LogP contribution >= 0.6 is 11.3 Å². The molecule has 9 heteroatoms. The van der Waals surface area contributed by atoms with E-state index in [-0.39, 0.29) is 11.8 Å². The average Bonchev–Trinajstić information content (AvgIpc) is 3.69. The van der Waals surface area contributed by atoms with Crippen molar-refractivity contribution in [1.82, 2.24) is 9.97 Å². The van der Waals surface area contributed by atoms with Crippen molar-refractivity contribution in [3.63, 3.8) is 0 Å². The summed E-state index contributed by atoms with van der Waals surface area (Å²) in [6.07, 6.45) is 2.81. The van der Waals surface area contributed by atoms with Crippen molar-refractivity contribution in [2.24, 2.45) is 4.99 Å². The molecule has 2 N–H and O–H groups in total. The number of aromatic nitrogens is 2. The van der Waals surface area contributed by atoms with Gasteiger partial charge in [0.1, 0.15) is 0 Å². The maximum Gasteiger partial charge on any atom is 0.337 e. The number of carbonyl (C=O) groups excluding carboxylic acids is 2. The van der Waals surface area contributed by atoms with Gasteiger partial charge in [0.2, 0.25) is 5.91 Å². The second-order valence-electron chi connectivity index (χ2n) is 9.18. The third kappa shape index (κ3) is 4.68. The molecule has 1 aliphatic rings. The average molecular weight is 537 g/mol. The first-order valence-electron chi connectivity index (χ1n) is 12.4. The van der Waals surface area contributed by atoms with Gasteiger partial charge in [-0.15, -0.1) is 11.3 Å². The molecule has 0 unspecified atom stereocenters. The van der Waals surface area contributed by atoms with Crippen LogP contribution in [0.15, 0.2) is 83.4 Å². The minimum atomic E-state index is -0.456. The molecule has 0 bridgehead atoms. The quantitative estimate of drug-likeness (QED) is 0.223. The number of fused-ring (bicyclic) bond motifs is 2. The third-order valence-electron chi connectivity index (χ3n) is 6.79. The van der Waals surface area contributed by atoms with Gasteiger partial charge >= 0.3 is 5.97 Å². The number of methoxy groups -OCH3 is 1. The number of thiazole rings is 1. The van der Waals surface area contributed by atoms with Gasteiger partial charge < -0.3 is 19.7 Å². The summed E-state index contributed by atoms with van der Waals surface area (Å²) in [5.41, 5.74) is 7.32. The summed E-state index contributed by atoms with van der Waals surface area (Å²) in [6.45, 7) is 0.622. The van der Waals surface area contributed by atoms with Crippen molar-refractivity contribution >= 4 is 51.2 Å². The SMILES string of the molecule is COC(=O)c1ccc2c(C(=Nc3ccc4c(c3)CCN4C(=O)Cc3cncs3)c3ccccc3)c(O)[nH]c2c1. The monoisotopic (exact) mass is 536 g/mol. The number of ether oxygens (including phenoxy) is 1. The molecule has 0 saturated heterocycles. The van der Waals surface area contributed by atoms with Crippen molar-refractivity contribution < 1.29 is 19.4 Å². The van der Waals surface area contributed by atoms with Crippen LogP contribution in [0, 0.1) is 0 Å². The Morgan fingerprint density at radius 3 is 2.72 bits per heavy atom. The molecule has 0 atom stereocenters. The molecule has 194 valence electrons. The van der Waals surface area contributed by atoms with Crippen molar-refractivity contribution in [3.8, 4) is 5.88 Å². The number of aromatic hydroxyl groups is 1. The van der Waals surface area contributed by atoms with Crippen molar-refractivity contribution in [2.45, 2.75) is 12.8 Å². The van der Waals surface area contributed by atoms with E-state index in [1.165, 1.54) is 18.4 Å². The van der Waals surface area contributed by atoms with E-state index in [2.05, 4.69) is 9.97 Å². The Morgan fingerprint density at radius 2 is 1.95 bits per heavy atom. The van der Waals surface area contributed by atoms with Crippen molar-refractivity contribution in [3.05, 3.63) is 106 Å². The van der Waals surface area contributed by atoms with E-state index < -0.39 is 5.97 Å². The standard InChI is InChI=1S/C30H24N4O4S/c1-38-30(37)20-7-9-23-24(14-20)33-29(36)27(23)28(18-5-3-2-4-6-18)32-21-8-10-25-19(13-21)11-12-34(25)26(35)15-22-16-31-17-39-22/h2-10,13-14,16-17,33,36H,11-12,15H2,1H3. The van der Waals surface area contributed by atoms with Crippen LogP contribution in [0.2, 0.25) is 0 Å². The summed E-state index contributed by atoms with van der Waals surface area (Å²) in [5, 5.41) is 11.7. The molecule has 5 aromatic rings. The third-order valence-corrected chi connectivity index (χ3v) is 7.57. The van der Waals surface area contributed by atoms with E-state index >= 15 is 0 Å². The van der Waals surface area contributed by atoms with Gasteiger partial charge in [-0.05, 0) is 42.3 Å². The molecule has 1 amide bonds. The molecule has 0 radical (unpaired) electrons. The van der Waals surface area contributed by atoms with Crippen LogP contribution in [0.1, 0.15) is 31.9 Å². The molecule has 6 rings (SSSR count). The lowest BCUT2D eigenvalue weighted by molar-refractivity contribution is -0.117. The summed E-state index contributed by atoms with van der Waals surface area (Å²) in [7, 11) is 1.33. The van der Waals surface area contributed by atoms with Gasteiger partial charge in [-0.3, -0.25) is 9.78 Å². The second-order valence-corrected chi connectivity index (χ2v) is 10.2. The number of benzene rings is 3. The summed E-state index contributed by atoms with van der Waals surface area (Å²) in [6, 6.07) is 20.6. The highest BCUT2D eigenvalue weighted by Crippen LogP contribution is 2.35. The number of esters is 1. The highest BCUT2D eigenvalue weighted by molar-refractivity contribution is 7.09. The summed E-state index contributed by atoms with van der Waals surface area (Å²) < 4.78 is 4.84. The van der Waals surface area contributed by atoms with E-state index in [1.54, 1.807) is 29.9 Å². The predicted molar refractivity (Wildman–Crippen MR) is 151 cm³/mol. The molecule has 8 nitrogen and oxygen atoms in total. The van der Waals surface area contributed by atoms with E-state index in [4.69, 9.17) is 9.73 Å². The number of carbonyl (C=O) groups is 2. The summed E-state index contributed by atoms with van der Waals surface area (Å²) >= 11 is 1.48. The van der Waals surface area contributed by atoms with E-state index in [9.17, 15) is 14.7 Å². The topological polar surface area (TPSA) is 108 Å². The summed E-state index contributed by atoms with van der Waals surface area (Å²) in [4.78, 5) is 39.8. The highest BCUT2D eigenvalue weighted by Gasteiger charge is 2.26. The number of aliphatic imine (C=N–C) groups is 1. The van der Waals surface area contributed by atoms with Gasteiger partial charge in [0.25, 0.3) is 0 Å². The second kappa shape index (κ2) is 10.2. The molecule has 39 heavy (non-hydrogen) atoms. The first-order chi connectivity index (χ1) is 19.0. The van der Waals surface area contributed by atoms with Gasteiger partial charge in [0.05, 0.1) is 41.6 Å². The van der Waals surface area contributed by atoms with Gasteiger partial charge in [-0.25, -0.2) is 9.79 Å². The fraction of sp³-hybridized carbons (Fsp3) is 0.133. The Labute approximate surface area is 228 Å². The van der Waals surface area contributed by atoms with Crippen LogP contribution in [0.3, 0.4) is 0 Å². The van der Waals surface area contributed by atoms with Crippen molar-refractivity contribution in [1.29, 1.82) is 0 Å². The zero-order valence-corrected chi connectivity index (χ0v) is 21.9. The molecule has 1 aliphatic heterocycles. The van der Waals surface area contributed by atoms with Gasteiger partial charge in [-0.1, -0.05) is 36.4 Å². The molecular formula is C30H24N4O4S.